The summed E-state index contributed by atoms with van der Waals surface area (Å²) in [6.07, 6.45) is 13.0. The van der Waals surface area contributed by atoms with E-state index in [0.29, 0.717) is 24.7 Å². The van der Waals surface area contributed by atoms with Crippen LogP contribution in [0.1, 0.15) is 76.7 Å². The lowest BCUT2D eigenvalue weighted by atomic mass is 9.51. The molecule has 44 heavy (non-hydrogen) atoms. The molecule has 0 heterocycles. The smallest absolute Gasteiger partial charge is 0.171 e. The highest BCUT2D eigenvalue weighted by Crippen LogP contribution is 2.67. The van der Waals surface area contributed by atoms with Gasteiger partial charge in [-0.1, -0.05) is 110 Å². The van der Waals surface area contributed by atoms with Gasteiger partial charge in [0.05, 0.1) is 5.60 Å². The van der Waals surface area contributed by atoms with Crippen LogP contribution in [0.2, 0.25) is 0 Å². The Balaban J connectivity index is 1.35. The molecular formula is C40H43O3P. The maximum absolute atomic E-state index is 15.1. The summed E-state index contributed by atoms with van der Waals surface area (Å²) >= 11 is 0. The molecule has 4 aliphatic rings. The minimum atomic E-state index is -3.07. The molecule has 3 aromatic rings. The molecule has 0 aliphatic heterocycles. The van der Waals surface area contributed by atoms with Crippen LogP contribution < -0.4 is 15.9 Å². The van der Waals surface area contributed by atoms with E-state index in [4.69, 9.17) is 0 Å². The van der Waals surface area contributed by atoms with Gasteiger partial charge in [-0.2, -0.15) is 0 Å². The monoisotopic (exact) mass is 602 g/mol. The first-order valence-corrected chi connectivity index (χ1v) is 18.1. The van der Waals surface area contributed by atoms with E-state index in [2.05, 4.69) is 43.3 Å². The molecule has 0 aromatic heterocycles. The Labute approximate surface area is 262 Å². The van der Waals surface area contributed by atoms with E-state index in [0.717, 1.165) is 54.4 Å². The SMILES string of the molecule is C/C=C/C[C@]1(O)CCC2[C@@H]3CCC4=CC(=O)CCC4=C3[C@@H](c3ccc(P(=O)(c4ccccc4)c4ccccc4)cc3)C[C@@]21C. The molecule has 1 unspecified atom stereocenters. The molecule has 4 aliphatic carbocycles. The van der Waals surface area contributed by atoms with Crippen LogP contribution >= 0.6 is 7.14 Å². The fourth-order valence-electron chi connectivity index (χ4n) is 9.34. The fourth-order valence-corrected chi connectivity index (χ4v) is 12.0. The molecule has 0 spiro atoms. The summed E-state index contributed by atoms with van der Waals surface area (Å²) in [7, 11) is -3.07. The summed E-state index contributed by atoms with van der Waals surface area (Å²) in [6, 6.07) is 28.3. The van der Waals surface area contributed by atoms with Crippen molar-refractivity contribution in [1.29, 1.82) is 0 Å². The lowest BCUT2D eigenvalue weighted by Crippen LogP contribution is -2.51. The van der Waals surface area contributed by atoms with Crippen molar-refractivity contribution in [3.8, 4) is 0 Å². The predicted octanol–water partition coefficient (Wildman–Crippen LogP) is 7.92. The lowest BCUT2D eigenvalue weighted by molar-refractivity contribution is -0.114. The minimum absolute atomic E-state index is 0.158. The Morgan fingerprint density at radius 3 is 2.14 bits per heavy atom. The molecule has 3 nitrogen and oxygen atoms in total. The summed E-state index contributed by atoms with van der Waals surface area (Å²) in [5, 5.41) is 14.8. The molecule has 226 valence electrons. The molecule has 2 saturated carbocycles. The fraction of sp³-hybridized carbons (Fsp3) is 0.375. The van der Waals surface area contributed by atoms with Gasteiger partial charge < -0.3 is 9.67 Å². The summed E-state index contributed by atoms with van der Waals surface area (Å²) in [5.74, 6) is 1.26. The highest BCUT2D eigenvalue weighted by Gasteiger charge is 2.62. The first kappa shape index (κ1) is 29.5. The number of carbonyl (C=O) groups is 1. The first-order chi connectivity index (χ1) is 21.3. The number of allylic oxidation sites excluding steroid dienone is 5. The van der Waals surface area contributed by atoms with Crippen LogP contribution in [0.4, 0.5) is 0 Å². The summed E-state index contributed by atoms with van der Waals surface area (Å²) in [6.45, 7) is 4.39. The lowest BCUT2D eigenvalue weighted by Gasteiger charge is -2.55. The van der Waals surface area contributed by atoms with Crippen LogP contribution in [0.5, 0.6) is 0 Å². The highest BCUT2D eigenvalue weighted by atomic mass is 31.2. The number of ketones is 1. The summed E-state index contributed by atoms with van der Waals surface area (Å²) in [5.41, 5.74) is 4.48. The van der Waals surface area contributed by atoms with E-state index in [1.54, 1.807) is 0 Å². The van der Waals surface area contributed by atoms with Crippen molar-refractivity contribution >= 4 is 28.8 Å². The third kappa shape index (κ3) is 4.58. The molecule has 0 radical (unpaired) electrons. The van der Waals surface area contributed by atoms with Crippen LogP contribution in [0.15, 0.2) is 120 Å². The van der Waals surface area contributed by atoms with E-state index in [-0.39, 0.29) is 17.1 Å². The van der Waals surface area contributed by atoms with E-state index >= 15 is 4.57 Å². The second-order valence-corrected chi connectivity index (χ2v) is 16.5. The largest absolute Gasteiger partial charge is 0.389 e. The van der Waals surface area contributed by atoms with Crippen molar-refractivity contribution in [2.45, 2.75) is 76.7 Å². The molecule has 7 rings (SSSR count). The topological polar surface area (TPSA) is 54.4 Å². The van der Waals surface area contributed by atoms with E-state index < -0.39 is 12.7 Å². The van der Waals surface area contributed by atoms with Gasteiger partial charge in [-0.05, 0) is 86.5 Å². The van der Waals surface area contributed by atoms with Gasteiger partial charge in [-0.25, -0.2) is 0 Å². The standard InChI is InChI=1S/C40H43O3P/c1-3-4-24-40(42)25-23-37-35-21-17-29-26-30(41)18-22-34(29)38(35)36(27-39(37,40)2)28-15-19-33(20-16-28)44(43,31-11-7-5-8-12-31)32-13-9-6-10-14-32/h3-16,19-20,26,35-37,42H,17-18,21-25,27H2,1-2H3/b4-3+/t35-,36+,37?,39-,40-/m0/s1. The quantitative estimate of drug-likeness (QED) is 0.230. The van der Waals surface area contributed by atoms with Crippen LogP contribution in [0, 0.1) is 17.3 Å². The van der Waals surface area contributed by atoms with Crippen molar-refractivity contribution in [2.75, 3.05) is 0 Å². The second kappa shape index (κ2) is 11.3. The van der Waals surface area contributed by atoms with Crippen molar-refractivity contribution in [3.05, 3.63) is 125 Å². The average Bonchev–Trinajstić information content (AvgIpc) is 3.33. The summed E-state index contributed by atoms with van der Waals surface area (Å²) in [4.78, 5) is 12.4. The number of hydrogen-bond donors (Lipinski definition) is 1. The number of carbonyl (C=O) groups excluding carboxylic acids is 1. The van der Waals surface area contributed by atoms with Crippen molar-refractivity contribution < 1.29 is 14.5 Å². The van der Waals surface area contributed by atoms with Crippen LogP contribution in [-0.2, 0) is 9.36 Å². The first-order valence-electron chi connectivity index (χ1n) is 16.4. The zero-order chi connectivity index (χ0) is 30.5. The Morgan fingerprint density at radius 1 is 0.864 bits per heavy atom. The number of aliphatic hydroxyl groups is 1. The molecular weight excluding hydrogens is 559 g/mol. The normalized spacial score (nSPS) is 30.1. The van der Waals surface area contributed by atoms with E-state index in [9.17, 15) is 9.90 Å². The van der Waals surface area contributed by atoms with Gasteiger partial charge in [0.15, 0.2) is 12.9 Å². The zero-order valence-corrected chi connectivity index (χ0v) is 26.8. The number of hydrogen-bond acceptors (Lipinski definition) is 3. The zero-order valence-electron chi connectivity index (χ0n) is 25.9. The molecule has 0 bridgehead atoms. The predicted molar refractivity (Wildman–Crippen MR) is 180 cm³/mol. The molecule has 2 fully saturated rings. The molecule has 5 atom stereocenters. The average molecular weight is 603 g/mol. The van der Waals surface area contributed by atoms with Crippen LogP contribution in [0.3, 0.4) is 0 Å². The Bertz CT molecular complexity index is 1660. The number of fused-ring (bicyclic) bond motifs is 4. The van der Waals surface area contributed by atoms with Gasteiger partial charge in [0.1, 0.15) is 0 Å². The summed E-state index contributed by atoms with van der Waals surface area (Å²) < 4.78 is 15.1. The Kier molecular flexibility index (Phi) is 7.54. The maximum atomic E-state index is 15.1. The molecule has 0 amide bonds. The number of benzene rings is 3. The Morgan fingerprint density at radius 2 is 1.50 bits per heavy atom. The maximum Gasteiger partial charge on any atom is 0.171 e. The van der Waals surface area contributed by atoms with Gasteiger partial charge >= 0.3 is 0 Å². The van der Waals surface area contributed by atoms with Crippen molar-refractivity contribution in [1.82, 2.24) is 0 Å². The van der Waals surface area contributed by atoms with Gasteiger partial charge in [0.25, 0.3) is 0 Å². The van der Waals surface area contributed by atoms with Gasteiger partial charge in [-0.15, -0.1) is 0 Å². The molecule has 3 aromatic carbocycles. The van der Waals surface area contributed by atoms with Crippen molar-refractivity contribution in [3.63, 3.8) is 0 Å². The third-order valence-corrected chi connectivity index (χ3v) is 14.7. The van der Waals surface area contributed by atoms with Crippen molar-refractivity contribution in [2.24, 2.45) is 17.3 Å². The molecule has 0 saturated heterocycles. The number of rotatable bonds is 6. The van der Waals surface area contributed by atoms with Gasteiger partial charge in [0, 0.05) is 33.7 Å². The van der Waals surface area contributed by atoms with Crippen LogP contribution in [0.25, 0.3) is 0 Å². The molecule has 1 N–H and O–H groups in total. The van der Waals surface area contributed by atoms with Gasteiger partial charge in [-0.3, -0.25) is 4.79 Å². The second-order valence-electron chi connectivity index (χ2n) is 13.7. The highest BCUT2D eigenvalue weighted by molar-refractivity contribution is 7.85. The molecule has 4 heteroatoms. The Hall–Kier alpha value is -3.26. The van der Waals surface area contributed by atoms with E-state index in [1.807, 2.05) is 73.7 Å². The third-order valence-electron chi connectivity index (χ3n) is 11.6. The van der Waals surface area contributed by atoms with Gasteiger partial charge in [0.2, 0.25) is 0 Å². The van der Waals surface area contributed by atoms with E-state index in [1.165, 1.54) is 22.3 Å². The minimum Gasteiger partial charge on any atom is -0.389 e. The van der Waals surface area contributed by atoms with Crippen LogP contribution in [-0.4, -0.2) is 16.5 Å².